The molecule has 1 heterocycles. The number of nitrogens with one attached hydrogen (secondary N) is 2. The zero-order valence-corrected chi connectivity index (χ0v) is 15.9. The molecule has 140 valence electrons. The van der Waals surface area contributed by atoms with Gasteiger partial charge in [0.15, 0.2) is 0 Å². The van der Waals surface area contributed by atoms with Gasteiger partial charge in [0.2, 0.25) is 0 Å². The highest BCUT2D eigenvalue weighted by atomic mass is 32.2. The number of methoxy groups -OCH3 is 1. The minimum atomic E-state index is -0.229. The lowest BCUT2D eigenvalue weighted by atomic mass is 10.2. The van der Waals surface area contributed by atoms with Crippen LogP contribution < -0.4 is 15.4 Å². The summed E-state index contributed by atoms with van der Waals surface area (Å²) < 4.78 is 10.5. The first-order chi connectivity index (χ1) is 13.1. The van der Waals surface area contributed by atoms with E-state index in [4.69, 9.17) is 9.47 Å². The molecule has 0 fully saturated rings. The Morgan fingerprint density at radius 2 is 1.56 bits per heavy atom. The maximum atomic E-state index is 12.3. The Hall–Kier alpha value is -2.93. The van der Waals surface area contributed by atoms with Gasteiger partial charge in [0.05, 0.1) is 13.7 Å². The number of hydrogen-bond acceptors (Lipinski definition) is 5. The minimum absolute atomic E-state index is 0.201. The zero-order chi connectivity index (χ0) is 19.2. The van der Waals surface area contributed by atoms with E-state index in [-0.39, 0.29) is 11.8 Å². The predicted octanol–water partition coefficient (Wildman–Crippen LogP) is 3.88. The van der Waals surface area contributed by atoms with Gasteiger partial charge in [-0.05, 0) is 55.5 Å². The first-order valence-electron chi connectivity index (χ1n) is 8.40. The van der Waals surface area contributed by atoms with Gasteiger partial charge in [-0.2, -0.15) is 0 Å². The Morgan fingerprint density at radius 1 is 0.963 bits per heavy atom. The van der Waals surface area contributed by atoms with Crippen LogP contribution in [0.15, 0.2) is 59.2 Å². The number of carbonyl (C=O) groups excluding carboxylic acids is 2. The number of rotatable bonds is 5. The lowest BCUT2D eigenvalue weighted by molar-refractivity contribution is -0.112. The molecule has 2 amide bonds. The van der Waals surface area contributed by atoms with E-state index >= 15 is 0 Å². The Balaban J connectivity index is 1.62. The van der Waals surface area contributed by atoms with Gasteiger partial charge in [0.1, 0.15) is 16.4 Å². The molecule has 0 spiro atoms. The van der Waals surface area contributed by atoms with Crippen LogP contribution in [0.4, 0.5) is 11.4 Å². The molecule has 1 aliphatic rings. The second kappa shape index (κ2) is 8.64. The van der Waals surface area contributed by atoms with Crippen LogP contribution in [0.3, 0.4) is 0 Å². The summed E-state index contributed by atoms with van der Waals surface area (Å²) in [7, 11) is 1.59. The molecule has 0 atom stereocenters. The summed E-state index contributed by atoms with van der Waals surface area (Å²) in [6.07, 6.45) is 0. The maximum Gasteiger partial charge on any atom is 0.265 e. The molecule has 1 aliphatic heterocycles. The summed E-state index contributed by atoms with van der Waals surface area (Å²) in [6.45, 7) is 2.40. The molecule has 6 nitrogen and oxygen atoms in total. The Labute approximate surface area is 161 Å². The Bertz CT molecular complexity index is 861. The van der Waals surface area contributed by atoms with Gasteiger partial charge in [0, 0.05) is 22.7 Å². The topological polar surface area (TPSA) is 76.7 Å². The molecule has 27 heavy (non-hydrogen) atoms. The van der Waals surface area contributed by atoms with Crippen molar-refractivity contribution in [1.82, 2.24) is 0 Å². The highest BCUT2D eigenvalue weighted by molar-refractivity contribution is 8.04. The van der Waals surface area contributed by atoms with Crippen molar-refractivity contribution in [2.75, 3.05) is 30.1 Å². The third kappa shape index (κ3) is 4.83. The SMILES string of the molecule is COc1ccc(NC(=O)c2ccc(NC(=O)C3=C(C)OCCS3)cc2)cc1. The molecular formula is C20H20N2O4S. The molecular weight excluding hydrogens is 364 g/mol. The van der Waals surface area contributed by atoms with Gasteiger partial charge in [-0.3, -0.25) is 9.59 Å². The zero-order valence-electron chi connectivity index (χ0n) is 15.1. The highest BCUT2D eigenvalue weighted by Gasteiger charge is 2.19. The molecule has 0 saturated heterocycles. The molecule has 0 aliphatic carbocycles. The van der Waals surface area contributed by atoms with Crippen LogP contribution in [0, 0.1) is 0 Å². The van der Waals surface area contributed by atoms with Crippen LogP contribution in [0.2, 0.25) is 0 Å². The third-order valence-corrected chi connectivity index (χ3v) is 5.06. The lowest BCUT2D eigenvalue weighted by Crippen LogP contribution is -2.18. The number of benzene rings is 2. The van der Waals surface area contributed by atoms with Gasteiger partial charge in [-0.1, -0.05) is 0 Å². The fraction of sp³-hybridized carbons (Fsp3) is 0.200. The number of thioether (sulfide) groups is 1. The number of hydrogen-bond donors (Lipinski definition) is 2. The molecule has 2 aromatic carbocycles. The van der Waals surface area contributed by atoms with Crippen LogP contribution in [-0.4, -0.2) is 31.3 Å². The van der Waals surface area contributed by atoms with E-state index in [0.29, 0.717) is 34.2 Å². The molecule has 2 aromatic rings. The van der Waals surface area contributed by atoms with Gasteiger partial charge >= 0.3 is 0 Å². The molecule has 0 radical (unpaired) electrons. The van der Waals surface area contributed by atoms with Crippen molar-refractivity contribution < 1.29 is 19.1 Å². The van der Waals surface area contributed by atoms with Crippen LogP contribution in [0.1, 0.15) is 17.3 Å². The van der Waals surface area contributed by atoms with Crippen molar-refractivity contribution in [2.24, 2.45) is 0 Å². The first kappa shape index (κ1) is 18.8. The van der Waals surface area contributed by atoms with Gasteiger partial charge in [0.25, 0.3) is 11.8 Å². The highest BCUT2D eigenvalue weighted by Crippen LogP contribution is 2.26. The molecule has 3 rings (SSSR count). The van der Waals surface area contributed by atoms with E-state index in [2.05, 4.69) is 10.6 Å². The molecule has 0 aromatic heterocycles. The largest absolute Gasteiger partial charge is 0.497 e. The second-order valence-corrected chi connectivity index (χ2v) is 6.90. The average Bonchev–Trinajstić information content (AvgIpc) is 2.69. The molecule has 0 bridgehead atoms. The van der Waals surface area contributed by atoms with E-state index in [1.54, 1.807) is 62.6 Å². The Kier molecular flexibility index (Phi) is 6.03. The third-order valence-electron chi connectivity index (χ3n) is 3.93. The fourth-order valence-electron chi connectivity index (χ4n) is 2.50. The van der Waals surface area contributed by atoms with Crippen molar-refractivity contribution in [3.05, 3.63) is 64.8 Å². The number of carbonyl (C=O) groups is 2. The van der Waals surface area contributed by atoms with E-state index < -0.39 is 0 Å². The average molecular weight is 384 g/mol. The van der Waals surface area contributed by atoms with Crippen LogP contribution in [0.5, 0.6) is 5.75 Å². The summed E-state index contributed by atoms with van der Waals surface area (Å²) in [4.78, 5) is 25.3. The van der Waals surface area contributed by atoms with Crippen molar-refractivity contribution in [3.8, 4) is 5.75 Å². The van der Waals surface area contributed by atoms with Crippen LogP contribution >= 0.6 is 11.8 Å². The van der Waals surface area contributed by atoms with Crippen molar-refractivity contribution in [1.29, 1.82) is 0 Å². The summed E-state index contributed by atoms with van der Waals surface area (Å²) >= 11 is 1.48. The van der Waals surface area contributed by atoms with E-state index in [9.17, 15) is 9.59 Å². The van der Waals surface area contributed by atoms with E-state index in [1.165, 1.54) is 11.8 Å². The Morgan fingerprint density at radius 3 is 2.15 bits per heavy atom. The van der Waals surface area contributed by atoms with Gasteiger partial charge in [-0.25, -0.2) is 0 Å². The second-order valence-electron chi connectivity index (χ2n) is 5.80. The van der Waals surface area contributed by atoms with E-state index in [0.717, 1.165) is 11.5 Å². The predicted molar refractivity (Wildman–Crippen MR) is 107 cm³/mol. The summed E-state index contributed by atoms with van der Waals surface area (Å²) in [5, 5.41) is 5.65. The normalized spacial score (nSPS) is 13.6. The number of ether oxygens (including phenoxy) is 2. The van der Waals surface area contributed by atoms with Gasteiger partial charge < -0.3 is 20.1 Å². The summed E-state index contributed by atoms with van der Waals surface area (Å²) in [5.41, 5.74) is 1.79. The fourth-order valence-corrected chi connectivity index (χ4v) is 3.32. The molecule has 0 unspecified atom stereocenters. The van der Waals surface area contributed by atoms with Crippen molar-refractivity contribution in [3.63, 3.8) is 0 Å². The van der Waals surface area contributed by atoms with Crippen molar-refractivity contribution in [2.45, 2.75) is 6.92 Å². The van der Waals surface area contributed by atoms with E-state index in [1.807, 2.05) is 0 Å². The molecule has 0 saturated carbocycles. The quantitative estimate of drug-likeness (QED) is 0.818. The first-order valence-corrected chi connectivity index (χ1v) is 9.38. The number of amides is 2. The standard InChI is InChI=1S/C20H20N2O4S/c1-13-18(27-12-11-26-13)20(24)22-15-5-3-14(4-6-15)19(23)21-16-7-9-17(25-2)10-8-16/h3-10H,11-12H2,1-2H3,(H,21,23)(H,22,24). The van der Waals surface area contributed by atoms with Crippen molar-refractivity contribution >= 4 is 35.0 Å². The van der Waals surface area contributed by atoms with Crippen LogP contribution in [0.25, 0.3) is 0 Å². The minimum Gasteiger partial charge on any atom is -0.497 e. The number of anilines is 2. The molecule has 7 heteroatoms. The number of allylic oxidation sites excluding steroid dienone is 1. The maximum absolute atomic E-state index is 12.3. The lowest BCUT2D eigenvalue weighted by Gasteiger charge is -2.17. The smallest absolute Gasteiger partial charge is 0.265 e. The van der Waals surface area contributed by atoms with Crippen LogP contribution in [-0.2, 0) is 9.53 Å². The monoisotopic (exact) mass is 384 g/mol. The van der Waals surface area contributed by atoms with Gasteiger partial charge in [-0.15, -0.1) is 11.8 Å². The summed E-state index contributed by atoms with van der Waals surface area (Å²) in [6, 6.07) is 13.8. The summed E-state index contributed by atoms with van der Waals surface area (Å²) in [5.74, 6) is 1.68. The molecule has 2 N–H and O–H groups in total.